The van der Waals surface area contributed by atoms with E-state index in [2.05, 4.69) is 24.3 Å². The van der Waals surface area contributed by atoms with Crippen molar-refractivity contribution in [2.24, 2.45) is 5.92 Å². The van der Waals surface area contributed by atoms with Crippen molar-refractivity contribution in [1.29, 1.82) is 0 Å². The fraction of sp³-hybridized carbons (Fsp3) is 0.562. The first-order valence-electron chi connectivity index (χ1n) is 7.14. The van der Waals surface area contributed by atoms with Crippen molar-refractivity contribution >= 4 is 17.5 Å². The number of alkyl halides is 1. The zero-order valence-electron chi connectivity index (χ0n) is 11.6. The molecule has 0 N–H and O–H groups in total. The Bertz CT molecular complexity index is 407. The molecule has 19 heavy (non-hydrogen) atoms. The molecule has 1 amide bonds. The SMILES string of the molecule is CCC(=O)N1CCC(Cc2ccc(CCl)cc2)CC1. The molecule has 0 aromatic heterocycles. The molecule has 0 unspecified atom stereocenters. The van der Waals surface area contributed by atoms with Crippen molar-refractivity contribution in [1.82, 2.24) is 4.90 Å². The number of carbonyl (C=O) groups is 1. The van der Waals surface area contributed by atoms with E-state index in [1.807, 2.05) is 11.8 Å². The topological polar surface area (TPSA) is 20.3 Å². The number of piperidine rings is 1. The Labute approximate surface area is 120 Å². The zero-order valence-corrected chi connectivity index (χ0v) is 12.3. The second-order valence-electron chi connectivity index (χ2n) is 5.33. The van der Waals surface area contributed by atoms with Crippen LogP contribution in [0.5, 0.6) is 0 Å². The van der Waals surface area contributed by atoms with Gasteiger partial charge in [0.15, 0.2) is 0 Å². The van der Waals surface area contributed by atoms with E-state index >= 15 is 0 Å². The minimum absolute atomic E-state index is 0.296. The molecule has 0 radical (unpaired) electrons. The van der Waals surface area contributed by atoms with Crippen molar-refractivity contribution in [3.05, 3.63) is 35.4 Å². The molecule has 1 aliphatic rings. The average Bonchev–Trinajstić information content (AvgIpc) is 2.48. The van der Waals surface area contributed by atoms with Crippen LogP contribution in [0.3, 0.4) is 0 Å². The highest BCUT2D eigenvalue weighted by Gasteiger charge is 2.21. The van der Waals surface area contributed by atoms with Gasteiger partial charge < -0.3 is 4.90 Å². The zero-order chi connectivity index (χ0) is 13.7. The highest BCUT2D eigenvalue weighted by Crippen LogP contribution is 2.22. The van der Waals surface area contributed by atoms with Gasteiger partial charge in [-0.25, -0.2) is 0 Å². The first kappa shape index (κ1) is 14.4. The Morgan fingerprint density at radius 2 is 1.79 bits per heavy atom. The van der Waals surface area contributed by atoms with Crippen LogP contribution in [0, 0.1) is 5.92 Å². The molecule has 0 saturated carbocycles. The van der Waals surface area contributed by atoms with Crippen molar-refractivity contribution in [2.45, 2.75) is 38.5 Å². The van der Waals surface area contributed by atoms with E-state index in [0.29, 0.717) is 24.1 Å². The monoisotopic (exact) mass is 279 g/mol. The molecular weight excluding hydrogens is 258 g/mol. The van der Waals surface area contributed by atoms with Crippen LogP contribution >= 0.6 is 11.6 Å². The summed E-state index contributed by atoms with van der Waals surface area (Å²) in [6.07, 6.45) is 4.01. The van der Waals surface area contributed by atoms with Gasteiger partial charge in [0.1, 0.15) is 0 Å². The van der Waals surface area contributed by atoms with Crippen molar-refractivity contribution in [3.63, 3.8) is 0 Å². The van der Waals surface area contributed by atoms with Crippen LogP contribution < -0.4 is 0 Å². The minimum atomic E-state index is 0.296. The van der Waals surface area contributed by atoms with Gasteiger partial charge in [0.25, 0.3) is 0 Å². The van der Waals surface area contributed by atoms with Crippen LogP contribution in [0.2, 0.25) is 0 Å². The smallest absolute Gasteiger partial charge is 0.222 e. The molecule has 2 nitrogen and oxygen atoms in total. The molecule has 0 spiro atoms. The third kappa shape index (κ3) is 3.97. The second kappa shape index (κ2) is 6.95. The third-order valence-corrected chi connectivity index (χ3v) is 4.28. The summed E-state index contributed by atoms with van der Waals surface area (Å²) in [5.74, 6) is 1.59. The maximum Gasteiger partial charge on any atom is 0.222 e. The molecule has 1 aromatic carbocycles. The molecule has 0 bridgehead atoms. The number of amides is 1. The fourth-order valence-corrected chi connectivity index (χ4v) is 2.89. The lowest BCUT2D eigenvalue weighted by Gasteiger charge is -2.32. The lowest BCUT2D eigenvalue weighted by Crippen LogP contribution is -2.38. The van der Waals surface area contributed by atoms with Crippen molar-refractivity contribution in [2.75, 3.05) is 13.1 Å². The highest BCUT2D eigenvalue weighted by molar-refractivity contribution is 6.17. The predicted molar refractivity (Wildman–Crippen MR) is 79.3 cm³/mol. The summed E-state index contributed by atoms with van der Waals surface area (Å²) >= 11 is 5.79. The van der Waals surface area contributed by atoms with Gasteiger partial charge in [-0.3, -0.25) is 4.79 Å². The molecule has 1 fully saturated rings. The normalized spacial score (nSPS) is 16.6. The number of halogens is 1. The molecule has 2 rings (SSSR count). The van der Waals surface area contributed by atoms with E-state index in [1.165, 1.54) is 11.1 Å². The minimum Gasteiger partial charge on any atom is -0.343 e. The number of benzene rings is 1. The standard InChI is InChI=1S/C16H22ClNO/c1-2-16(19)18-9-7-14(8-10-18)11-13-3-5-15(12-17)6-4-13/h3-6,14H,2,7-12H2,1H3. The molecule has 0 atom stereocenters. The third-order valence-electron chi connectivity index (χ3n) is 3.97. The summed E-state index contributed by atoms with van der Waals surface area (Å²) in [6.45, 7) is 3.79. The molecule has 3 heteroatoms. The summed E-state index contributed by atoms with van der Waals surface area (Å²) in [6, 6.07) is 8.58. The van der Waals surface area contributed by atoms with Gasteiger partial charge in [-0.15, -0.1) is 11.6 Å². The number of hydrogen-bond donors (Lipinski definition) is 0. The predicted octanol–water partition coefficient (Wildman–Crippen LogP) is 3.62. The molecule has 0 aliphatic carbocycles. The van der Waals surface area contributed by atoms with Crippen LogP contribution in [0.1, 0.15) is 37.3 Å². The lowest BCUT2D eigenvalue weighted by atomic mass is 9.90. The Balaban J connectivity index is 1.83. The number of hydrogen-bond acceptors (Lipinski definition) is 1. The lowest BCUT2D eigenvalue weighted by molar-refractivity contribution is -0.132. The molecule has 1 aromatic rings. The number of nitrogens with zero attached hydrogens (tertiary/aromatic N) is 1. The quantitative estimate of drug-likeness (QED) is 0.771. The van der Waals surface area contributed by atoms with E-state index in [0.717, 1.165) is 32.4 Å². The fourth-order valence-electron chi connectivity index (χ4n) is 2.71. The van der Waals surface area contributed by atoms with Crippen LogP contribution in [0.25, 0.3) is 0 Å². The van der Waals surface area contributed by atoms with Gasteiger partial charge in [-0.05, 0) is 36.3 Å². The number of likely N-dealkylation sites (tertiary alicyclic amines) is 1. The summed E-state index contributed by atoms with van der Waals surface area (Å²) in [5, 5.41) is 0. The van der Waals surface area contributed by atoms with E-state index in [4.69, 9.17) is 11.6 Å². The van der Waals surface area contributed by atoms with Crippen LogP contribution in [-0.2, 0) is 17.1 Å². The van der Waals surface area contributed by atoms with Gasteiger partial charge in [0.05, 0.1) is 0 Å². The van der Waals surface area contributed by atoms with Gasteiger partial charge in [0, 0.05) is 25.4 Å². The Hall–Kier alpha value is -1.02. The molecule has 1 aliphatic heterocycles. The van der Waals surface area contributed by atoms with Crippen LogP contribution in [0.15, 0.2) is 24.3 Å². The van der Waals surface area contributed by atoms with Gasteiger partial charge in [-0.2, -0.15) is 0 Å². The van der Waals surface area contributed by atoms with E-state index in [9.17, 15) is 4.79 Å². The van der Waals surface area contributed by atoms with E-state index in [1.54, 1.807) is 0 Å². The van der Waals surface area contributed by atoms with E-state index in [-0.39, 0.29) is 0 Å². The van der Waals surface area contributed by atoms with Crippen LogP contribution in [0.4, 0.5) is 0 Å². The van der Waals surface area contributed by atoms with Gasteiger partial charge in [-0.1, -0.05) is 31.2 Å². The number of rotatable bonds is 4. The highest BCUT2D eigenvalue weighted by atomic mass is 35.5. The van der Waals surface area contributed by atoms with Crippen molar-refractivity contribution in [3.8, 4) is 0 Å². The molecular formula is C16H22ClNO. The van der Waals surface area contributed by atoms with Gasteiger partial charge >= 0.3 is 0 Å². The Morgan fingerprint density at radius 1 is 1.21 bits per heavy atom. The van der Waals surface area contributed by atoms with E-state index < -0.39 is 0 Å². The first-order chi connectivity index (χ1) is 9.22. The Kier molecular flexibility index (Phi) is 5.26. The summed E-state index contributed by atoms with van der Waals surface area (Å²) < 4.78 is 0. The largest absolute Gasteiger partial charge is 0.343 e. The van der Waals surface area contributed by atoms with Crippen LogP contribution in [-0.4, -0.2) is 23.9 Å². The maximum absolute atomic E-state index is 11.6. The molecule has 1 saturated heterocycles. The average molecular weight is 280 g/mol. The molecule has 1 heterocycles. The maximum atomic E-state index is 11.6. The van der Waals surface area contributed by atoms with Gasteiger partial charge in [0.2, 0.25) is 5.91 Å². The summed E-state index contributed by atoms with van der Waals surface area (Å²) in [5.41, 5.74) is 2.56. The first-order valence-corrected chi connectivity index (χ1v) is 7.68. The van der Waals surface area contributed by atoms with Crippen molar-refractivity contribution < 1.29 is 4.79 Å². The summed E-state index contributed by atoms with van der Waals surface area (Å²) in [4.78, 5) is 13.6. The molecule has 104 valence electrons. The Morgan fingerprint density at radius 3 is 2.32 bits per heavy atom. The second-order valence-corrected chi connectivity index (χ2v) is 5.60. The summed E-state index contributed by atoms with van der Waals surface area (Å²) in [7, 11) is 0. The number of carbonyl (C=O) groups excluding carboxylic acids is 1.